The molecular weight excluding hydrogens is 488 g/mol. The molecule has 1 amide bonds. The van der Waals surface area contributed by atoms with Gasteiger partial charge in [-0.1, -0.05) is 53.0 Å². The number of hydrogen-bond acceptors (Lipinski definition) is 3. The van der Waals surface area contributed by atoms with Crippen molar-refractivity contribution in [2.75, 3.05) is 6.54 Å². The second-order valence-corrected chi connectivity index (χ2v) is 8.80. The smallest absolute Gasteiger partial charge is 0.295 e. The summed E-state index contributed by atoms with van der Waals surface area (Å²) in [5, 5.41) is 12.2. The lowest BCUT2D eigenvalue weighted by Crippen LogP contribution is -2.31. The Morgan fingerprint density at radius 2 is 1.67 bits per heavy atom. The largest absolute Gasteiger partial charge is 0.507 e. The van der Waals surface area contributed by atoms with Crippen LogP contribution in [0, 0.1) is 5.82 Å². The summed E-state index contributed by atoms with van der Waals surface area (Å²) in [4.78, 5) is 27.3. The molecule has 4 nitrogen and oxygen atoms in total. The number of halogens is 4. The minimum absolute atomic E-state index is 0.109. The van der Waals surface area contributed by atoms with Crippen molar-refractivity contribution in [3.05, 3.63) is 110 Å². The number of hydrogen-bond donors (Lipinski definition) is 1. The number of aliphatic hydroxyl groups is 1. The molecule has 1 aliphatic heterocycles. The van der Waals surface area contributed by atoms with Crippen LogP contribution in [0.4, 0.5) is 4.39 Å². The fourth-order valence-corrected chi connectivity index (χ4v) is 4.29. The lowest BCUT2D eigenvalue weighted by atomic mass is 9.95. The first-order valence-electron chi connectivity index (χ1n) is 10.00. The number of ketones is 1. The van der Waals surface area contributed by atoms with Crippen molar-refractivity contribution in [3.8, 4) is 0 Å². The fourth-order valence-electron chi connectivity index (χ4n) is 3.84. The van der Waals surface area contributed by atoms with Crippen LogP contribution in [0.15, 0.2) is 72.3 Å². The molecule has 1 N–H and O–H groups in total. The summed E-state index contributed by atoms with van der Waals surface area (Å²) in [5.41, 5.74) is 1.39. The first-order valence-corrected chi connectivity index (χ1v) is 11.1. The Bertz CT molecular complexity index is 1270. The van der Waals surface area contributed by atoms with E-state index in [4.69, 9.17) is 34.8 Å². The van der Waals surface area contributed by atoms with Crippen molar-refractivity contribution in [1.82, 2.24) is 4.90 Å². The van der Waals surface area contributed by atoms with E-state index in [0.717, 1.165) is 5.56 Å². The first kappa shape index (κ1) is 23.3. The molecule has 3 aromatic rings. The monoisotopic (exact) mass is 503 g/mol. The van der Waals surface area contributed by atoms with Gasteiger partial charge in [0, 0.05) is 17.1 Å². The van der Waals surface area contributed by atoms with Gasteiger partial charge in [-0.05, 0) is 66.1 Å². The van der Waals surface area contributed by atoms with Crippen LogP contribution in [0.3, 0.4) is 0 Å². The summed E-state index contributed by atoms with van der Waals surface area (Å²) in [5.74, 6) is -2.49. The molecule has 8 heteroatoms. The molecule has 0 saturated carbocycles. The maximum atomic E-state index is 14.1. The van der Waals surface area contributed by atoms with E-state index in [1.807, 2.05) is 0 Å². The maximum Gasteiger partial charge on any atom is 0.295 e. The third-order valence-corrected chi connectivity index (χ3v) is 6.44. The fraction of sp³-hybridized carbons (Fsp3) is 0.120. The number of carbonyl (C=O) groups is 2. The van der Waals surface area contributed by atoms with E-state index in [0.29, 0.717) is 32.6 Å². The molecule has 4 rings (SSSR count). The average molecular weight is 505 g/mol. The third kappa shape index (κ3) is 4.76. The van der Waals surface area contributed by atoms with Crippen LogP contribution in [0.25, 0.3) is 5.76 Å². The predicted molar refractivity (Wildman–Crippen MR) is 127 cm³/mol. The Labute approximate surface area is 204 Å². The van der Waals surface area contributed by atoms with E-state index < -0.39 is 23.5 Å². The zero-order chi connectivity index (χ0) is 23.7. The summed E-state index contributed by atoms with van der Waals surface area (Å²) < 4.78 is 14.1. The summed E-state index contributed by atoms with van der Waals surface area (Å²) in [7, 11) is 0. The number of aliphatic hydroxyl groups excluding tert-OH is 1. The van der Waals surface area contributed by atoms with Crippen molar-refractivity contribution in [2.24, 2.45) is 0 Å². The molecule has 0 aliphatic carbocycles. The van der Waals surface area contributed by atoms with Gasteiger partial charge in [0.25, 0.3) is 11.7 Å². The highest BCUT2D eigenvalue weighted by Gasteiger charge is 2.45. The van der Waals surface area contributed by atoms with Crippen molar-refractivity contribution < 1.29 is 19.1 Å². The lowest BCUT2D eigenvalue weighted by molar-refractivity contribution is -0.139. The minimum Gasteiger partial charge on any atom is -0.507 e. The molecule has 33 heavy (non-hydrogen) atoms. The van der Waals surface area contributed by atoms with Crippen molar-refractivity contribution in [2.45, 2.75) is 12.5 Å². The number of benzene rings is 3. The molecular formula is C25H17Cl3FNO3. The van der Waals surface area contributed by atoms with Crippen molar-refractivity contribution >= 4 is 52.3 Å². The van der Waals surface area contributed by atoms with Crippen LogP contribution in [-0.4, -0.2) is 28.2 Å². The van der Waals surface area contributed by atoms with E-state index >= 15 is 0 Å². The van der Waals surface area contributed by atoms with Gasteiger partial charge in [0.2, 0.25) is 0 Å². The molecule has 1 atom stereocenters. The first-order chi connectivity index (χ1) is 15.8. The Morgan fingerprint density at radius 3 is 2.33 bits per heavy atom. The lowest BCUT2D eigenvalue weighted by Gasteiger charge is -2.25. The molecule has 1 unspecified atom stereocenters. The highest BCUT2D eigenvalue weighted by molar-refractivity contribution is 6.46. The van der Waals surface area contributed by atoms with Gasteiger partial charge in [-0.15, -0.1) is 0 Å². The molecule has 1 fully saturated rings. The molecule has 0 radical (unpaired) electrons. The highest BCUT2D eigenvalue weighted by Crippen LogP contribution is 2.39. The van der Waals surface area contributed by atoms with E-state index in [1.165, 1.54) is 23.1 Å². The second kappa shape index (κ2) is 9.56. The van der Waals surface area contributed by atoms with Gasteiger partial charge in [0.05, 0.1) is 21.7 Å². The van der Waals surface area contributed by atoms with Crippen LogP contribution < -0.4 is 0 Å². The van der Waals surface area contributed by atoms with Crippen LogP contribution in [-0.2, 0) is 16.0 Å². The molecule has 3 aromatic carbocycles. The highest BCUT2D eigenvalue weighted by atomic mass is 35.5. The van der Waals surface area contributed by atoms with Crippen molar-refractivity contribution in [3.63, 3.8) is 0 Å². The number of amides is 1. The topological polar surface area (TPSA) is 57.6 Å². The number of rotatable bonds is 5. The van der Waals surface area contributed by atoms with E-state index in [2.05, 4.69) is 0 Å². The predicted octanol–water partition coefficient (Wildman–Crippen LogP) is 6.45. The Kier molecular flexibility index (Phi) is 6.75. The molecule has 0 aromatic heterocycles. The molecule has 0 bridgehead atoms. The van der Waals surface area contributed by atoms with Gasteiger partial charge >= 0.3 is 0 Å². The minimum atomic E-state index is -0.959. The van der Waals surface area contributed by atoms with Crippen LogP contribution in [0.2, 0.25) is 15.1 Å². The molecule has 1 aliphatic rings. The van der Waals surface area contributed by atoms with E-state index in [9.17, 15) is 19.1 Å². The number of Topliss-reactive ketones (excluding diaryl/α,β-unsaturated/α-hetero) is 1. The summed E-state index contributed by atoms with van der Waals surface area (Å²) in [6, 6.07) is 16.0. The Morgan fingerprint density at radius 1 is 0.939 bits per heavy atom. The zero-order valence-electron chi connectivity index (χ0n) is 17.1. The van der Waals surface area contributed by atoms with Gasteiger partial charge in [-0.2, -0.15) is 0 Å². The van der Waals surface area contributed by atoms with Gasteiger partial charge in [0.1, 0.15) is 11.6 Å². The van der Waals surface area contributed by atoms with E-state index in [1.54, 1.807) is 48.5 Å². The molecule has 0 spiro atoms. The molecule has 1 saturated heterocycles. The van der Waals surface area contributed by atoms with Crippen LogP contribution >= 0.6 is 34.8 Å². The normalized spacial score (nSPS) is 17.6. The average Bonchev–Trinajstić information content (AvgIpc) is 3.05. The van der Waals surface area contributed by atoms with Crippen LogP contribution in [0.1, 0.15) is 22.7 Å². The standard InChI is InChI=1S/C25H17Cl3FNO3/c26-17-7-5-15(6-8-17)23(31)21-22(16-2-1-3-18(29)13-16)30(25(33)24(21)32)11-10-14-4-9-19(27)20(28)12-14/h1-9,12-13,22,31H,10-11H2/b23-21+. The van der Waals surface area contributed by atoms with Gasteiger partial charge in [-0.25, -0.2) is 4.39 Å². The SMILES string of the molecule is O=C1C(=O)N(CCc2ccc(Cl)c(Cl)c2)C(c2cccc(F)c2)/C1=C(\O)c1ccc(Cl)cc1. The summed E-state index contributed by atoms with van der Waals surface area (Å²) in [6.45, 7) is 0.140. The van der Waals surface area contributed by atoms with Gasteiger partial charge in [-0.3, -0.25) is 9.59 Å². The zero-order valence-corrected chi connectivity index (χ0v) is 19.3. The van der Waals surface area contributed by atoms with Crippen molar-refractivity contribution in [1.29, 1.82) is 0 Å². The second-order valence-electron chi connectivity index (χ2n) is 7.55. The summed E-state index contributed by atoms with van der Waals surface area (Å²) in [6.07, 6.45) is 0.372. The van der Waals surface area contributed by atoms with Gasteiger partial charge in [0.15, 0.2) is 0 Å². The Hall–Kier alpha value is -2.86. The maximum absolute atomic E-state index is 14.1. The summed E-state index contributed by atoms with van der Waals surface area (Å²) >= 11 is 18.0. The third-order valence-electron chi connectivity index (χ3n) is 5.45. The van der Waals surface area contributed by atoms with E-state index in [-0.39, 0.29) is 17.9 Å². The number of nitrogens with zero attached hydrogens (tertiary/aromatic N) is 1. The number of carbonyl (C=O) groups excluding carboxylic acids is 2. The van der Waals surface area contributed by atoms with Crippen LogP contribution in [0.5, 0.6) is 0 Å². The quantitative estimate of drug-likeness (QED) is 0.247. The Balaban J connectivity index is 1.77. The molecule has 168 valence electrons. The van der Waals surface area contributed by atoms with Gasteiger partial charge < -0.3 is 10.0 Å². The molecule has 1 heterocycles. The number of likely N-dealkylation sites (tertiary alicyclic amines) is 1.